The number of benzene rings is 1. The molecule has 18 heavy (non-hydrogen) atoms. The molecule has 0 atom stereocenters. The molecule has 1 amide bonds. The molecule has 1 rings (SSSR count). The van der Waals surface area contributed by atoms with E-state index >= 15 is 0 Å². The number of likely N-dealkylation sites (N-methyl/N-ethyl adjacent to an activating group) is 1. The number of carbonyl (C=O) groups excluding carboxylic acids is 1. The first kappa shape index (κ1) is 15.0. The maximum Gasteiger partial charge on any atom is 0.253 e. The topological polar surface area (TPSA) is 55.6 Å². The highest BCUT2D eigenvalue weighted by Crippen LogP contribution is 2.18. The summed E-state index contributed by atoms with van der Waals surface area (Å²) < 4.78 is 6.22. The van der Waals surface area contributed by atoms with Gasteiger partial charge in [0, 0.05) is 29.3 Å². The number of halogens is 1. The summed E-state index contributed by atoms with van der Waals surface area (Å²) in [6.45, 7) is 5.03. The number of rotatable bonds is 5. The summed E-state index contributed by atoms with van der Waals surface area (Å²) in [5.74, 6) is -0.0599. The predicted octanol–water partition coefficient (Wildman–Crippen LogP) is 2.53. The zero-order valence-electron chi connectivity index (χ0n) is 10.9. The number of anilines is 1. The van der Waals surface area contributed by atoms with E-state index in [2.05, 4.69) is 15.9 Å². The Bertz CT molecular complexity index is 401. The number of carbonyl (C=O) groups is 1. The summed E-state index contributed by atoms with van der Waals surface area (Å²) in [5, 5.41) is 0. The molecular formula is C13H19BrN2O2. The van der Waals surface area contributed by atoms with Crippen LogP contribution in [-0.2, 0) is 4.74 Å². The highest BCUT2D eigenvalue weighted by molar-refractivity contribution is 9.10. The maximum absolute atomic E-state index is 12.1. The first-order valence-electron chi connectivity index (χ1n) is 5.83. The van der Waals surface area contributed by atoms with Crippen LogP contribution in [0.1, 0.15) is 24.2 Å². The van der Waals surface area contributed by atoms with Crippen molar-refractivity contribution < 1.29 is 9.53 Å². The normalized spacial score (nSPS) is 10.7. The number of nitrogens with two attached hydrogens (primary N) is 1. The lowest BCUT2D eigenvalue weighted by Gasteiger charge is -2.18. The molecule has 0 aliphatic heterocycles. The monoisotopic (exact) mass is 314 g/mol. The number of hydrogen-bond acceptors (Lipinski definition) is 3. The summed E-state index contributed by atoms with van der Waals surface area (Å²) >= 11 is 3.33. The van der Waals surface area contributed by atoms with E-state index in [4.69, 9.17) is 10.5 Å². The van der Waals surface area contributed by atoms with Gasteiger partial charge in [-0.15, -0.1) is 0 Å². The quantitative estimate of drug-likeness (QED) is 0.850. The molecule has 100 valence electrons. The molecule has 0 saturated carbocycles. The van der Waals surface area contributed by atoms with Gasteiger partial charge in [0.05, 0.1) is 12.7 Å². The van der Waals surface area contributed by atoms with E-state index in [1.807, 2.05) is 13.8 Å². The van der Waals surface area contributed by atoms with Gasteiger partial charge in [-0.2, -0.15) is 0 Å². The van der Waals surface area contributed by atoms with Crippen LogP contribution in [0.4, 0.5) is 5.69 Å². The molecule has 4 nitrogen and oxygen atoms in total. The molecule has 2 N–H and O–H groups in total. The molecule has 5 heteroatoms. The van der Waals surface area contributed by atoms with Gasteiger partial charge in [-0.3, -0.25) is 4.79 Å². The average Bonchev–Trinajstić information content (AvgIpc) is 2.26. The maximum atomic E-state index is 12.1. The van der Waals surface area contributed by atoms with Crippen LogP contribution in [0.2, 0.25) is 0 Å². The summed E-state index contributed by atoms with van der Waals surface area (Å²) in [6, 6.07) is 5.20. The van der Waals surface area contributed by atoms with Crippen molar-refractivity contribution in [3.8, 4) is 0 Å². The first-order chi connectivity index (χ1) is 8.40. The van der Waals surface area contributed by atoms with E-state index in [9.17, 15) is 4.79 Å². The Kier molecular flexibility index (Phi) is 5.62. The highest BCUT2D eigenvalue weighted by Gasteiger charge is 2.12. The molecule has 0 spiro atoms. The molecule has 1 aromatic rings. The summed E-state index contributed by atoms with van der Waals surface area (Å²) in [6.07, 6.45) is 0.176. The number of nitrogens with zero attached hydrogens (tertiary/aromatic N) is 1. The van der Waals surface area contributed by atoms with Crippen molar-refractivity contribution >= 4 is 27.5 Å². The molecule has 0 aliphatic carbocycles. The number of hydrogen-bond donors (Lipinski definition) is 1. The lowest BCUT2D eigenvalue weighted by Crippen LogP contribution is -2.30. The van der Waals surface area contributed by atoms with Crippen LogP contribution in [-0.4, -0.2) is 37.1 Å². The summed E-state index contributed by atoms with van der Waals surface area (Å²) in [7, 11) is 1.75. The third kappa shape index (κ3) is 4.66. The molecule has 1 aromatic carbocycles. The van der Waals surface area contributed by atoms with Crippen molar-refractivity contribution in [1.29, 1.82) is 0 Å². The Labute approximate surface area is 116 Å². The van der Waals surface area contributed by atoms with Gasteiger partial charge in [0.25, 0.3) is 5.91 Å². The van der Waals surface area contributed by atoms with E-state index < -0.39 is 0 Å². The van der Waals surface area contributed by atoms with Gasteiger partial charge in [-0.25, -0.2) is 0 Å². The second-order valence-corrected chi connectivity index (χ2v) is 5.34. The van der Waals surface area contributed by atoms with Gasteiger partial charge in [0.2, 0.25) is 0 Å². The van der Waals surface area contributed by atoms with Crippen LogP contribution in [0.3, 0.4) is 0 Å². The molecule has 0 aliphatic rings. The van der Waals surface area contributed by atoms with Crippen molar-refractivity contribution in [3.63, 3.8) is 0 Å². The van der Waals surface area contributed by atoms with Crippen LogP contribution in [0, 0.1) is 0 Å². The minimum Gasteiger partial charge on any atom is -0.399 e. The van der Waals surface area contributed by atoms with Crippen molar-refractivity contribution in [1.82, 2.24) is 4.90 Å². The lowest BCUT2D eigenvalue weighted by atomic mass is 10.2. The Morgan fingerprint density at radius 1 is 1.44 bits per heavy atom. The van der Waals surface area contributed by atoms with Crippen LogP contribution >= 0.6 is 15.9 Å². The van der Waals surface area contributed by atoms with Gasteiger partial charge in [0.1, 0.15) is 0 Å². The van der Waals surface area contributed by atoms with Gasteiger partial charge in [-0.05, 0) is 32.0 Å². The first-order valence-corrected chi connectivity index (χ1v) is 6.62. The fourth-order valence-corrected chi connectivity index (χ4v) is 1.99. The predicted molar refractivity (Wildman–Crippen MR) is 76.6 cm³/mol. The van der Waals surface area contributed by atoms with Crippen molar-refractivity contribution in [2.75, 3.05) is 25.9 Å². The van der Waals surface area contributed by atoms with Crippen LogP contribution in [0.15, 0.2) is 22.7 Å². The third-order valence-corrected chi connectivity index (χ3v) is 2.85. The fraction of sp³-hybridized carbons (Fsp3) is 0.462. The van der Waals surface area contributed by atoms with Gasteiger partial charge in [0.15, 0.2) is 0 Å². The Hall–Kier alpha value is -1.07. The third-order valence-electron chi connectivity index (χ3n) is 2.39. The molecule has 0 unspecified atom stereocenters. The zero-order valence-corrected chi connectivity index (χ0v) is 12.5. The highest BCUT2D eigenvalue weighted by atomic mass is 79.9. The summed E-state index contributed by atoms with van der Waals surface area (Å²) in [5.41, 5.74) is 6.86. The summed E-state index contributed by atoms with van der Waals surface area (Å²) in [4.78, 5) is 13.7. The van der Waals surface area contributed by atoms with Gasteiger partial charge in [-0.1, -0.05) is 15.9 Å². The Morgan fingerprint density at radius 2 is 2.11 bits per heavy atom. The number of amides is 1. The standard InChI is InChI=1S/C13H19BrN2O2/c1-9(2)18-5-4-16(3)13(17)10-6-11(14)8-12(15)7-10/h6-9H,4-5,15H2,1-3H3. The van der Waals surface area contributed by atoms with Crippen LogP contribution in [0.5, 0.6) is 0 Å². The molecule has 0 heterocycles. The average molecular weight is 315 g/mol. The molecule has 0 saturated heterocycles. The van der Waals surface area contributed by atoms with E-state index in [0.29, 0.717) is 24.4 Å². The Morgan fingerprint density at radius 3 is 2.67 bits per heavy atom. The fourth-order valence-electron chi connectivity index (χ4n) is 1.48. The van der Waals surface area contributed by atoms with E-state index in [1.165, 1.54) is 0 Å². The van der Waals surface area contributed by atoms with Crippen LogP contribution in [0.25, 0.3) is 0 Å². The SMILES string of the molecule is CC(C)OCCN(C)C(=O)c1cc(N)cc(Br)c1. The van der Waals surface area contributed by atoms with E-state index in [1.54, 1.807) is 30.1 Å². The van der Waals surface area contributed by atoms with Gasteiger partial charge < -0.3 is 15.4 Å². The number of ether oxygens (including phenoxy) is 1. The Balaban J connectivity index is 2.62. The molecule has 0 radical (unpaired) electrons. The van der Waals surface area contributed by atoms with Crippen molar-refractivity contribution in [3.05, 3.63) is 28.2 Å². The van der Waals surface area contributed by atoms with Crippen molar-refractivity contribution in [2.24, 2.45) is 0 Å². The minimum atomic E-state index is -0.0599. The smallest absolute Gasteiger partial charge is 0.253 e. The van der Waals surface area contributed by atoms with Crippen molar-refractivity contribution in [2.45, 2.75) is 20.0 Å². The largest absolute Gasteiger partial charge is 0.399 e. The minimum absolute atomic E-state index is 0.0599. The second-order valence-electron chi connectivity index (χ2n) is 4.42. The molecule has 0 bridgehead atoms. The lowest BCUT2D eigenvalue weighted by molar-refractivity contribution is 0.0532. The van der Waals surface area contributed by atoms with E-state index in [-0.39, 0.29) is 12.0 Å². The molecule has 0 fully saturated rings. The van der Waals surface area contributed by atoms with Gasteiger partial charge >= 0.3 is 0 Å². The van der Waals surface area contributed by atoms with Crippen LogP contribution < -0.4 is 5.73 Å². The zero-order chi connectivity index (χ0) is 13.7. The molecular weight excluding hydrogens is 296 g/mol. The van der Waals surface area contributed by atoms with E-state index in [0.717, 1.165) is 4.47 Å². The second kappa shape index (κ2) is 6.75. The molecule has 0 aromatic heterocycles. The number of nitrogen functional groups attached to an aromatic ring is 1.